The first-order valence-electron chi connectivity index (χ1n) is 11.2. The standard InChI is InChI=1S/C29H20N4OS/c34-28(22-14-6-2-7-15-22)27(33-25-19-11-10-18-24(25)30-31-33)29-32(23-16-8-3-9-17-23)26(20-35-29)21-12-4-1-5-13-21/h1-20H/b29-27+. The third kappa shape index (κ3) is 3.84. The lowest BCUT2D eigenvalue weighted by Crippen LogP contribution is -2.22. The smallest absolute Gasteiger partial charge is 0.214 e. The lowest BCUT2D eigenvalue weighted by molar-refractivity contribution is 0.105. The molecule has 0 amide bonds. The van der Waals surface area contributed by atoms with Crippen LogP contribution in [0.1, 0.15) is 15.9 Å². The fourth-order valence-electron chi connectivity index (χ4n) is 4.17. The molecule has 0 radical (unpaired) electrons. The van der Waals surface area contributed by atoms with Gasteiger partial charge in [0.05, 0.1) is 11.2 Å². The normalized spacial score (nSPS) is 14.7. The summed E-state index contributed by atoms with van der Waals surface area (Å²) < 4.78 is 1.67. The van der Waals surface area contributed by atoms with E-state index in [4.69, 9.17) is 0 Å². The molecule has 1 aromatic heterocycles. The number of nitrogens with zero attached hydrogens (tertiary/aromatic N) is 4. The van der Waals surface area contributed by atoms with Crippen molar-refractivity contribution in [3.63, 3.8) is 0 Å². The number of ketones is 1. The summed E-state index contributed by atoms with van der Waals surface area (Å²) in [5.74, 6) is -0.118. The molecule has 0 spiro atoms. The predicted molar refractivity (Wildman–Crippen MR) is 142 cm³/mol. The molecule has 6 rings (SSSR count). The molecule has 1 aliphatic rings. The molecule has 0 atom stereocenters. The maximum absolute atomic E-state index is 14.1. The number of benzene rings is 4. The van der Waals surface area contributed by atoms with Crippen molar-refractivity contribution in [3.8, 4) is 0 Å². The molecule has 0 saturated heterocycles. The Bertz CT molecular complexity index is 1570. The number of para-hydroxylation sites is 2. The molecule has 1 aliphatic heterocycles. The zero-order valence-electron chi connectivity index (χ0n) is 18.7. The van der Waals surface area contributed by atoms with E-state index in [0.717, 1.165) is 33.0 Å². The molecule has 4 aromatic carbocycles. The summed E-state index contributed by atoms with van der Waals surface area (Å²) in [6, 6.07) is 37.3. The van der Waals surface area contributed by atoms with Crippen molar-refractivity contribution in [1.82, 2.24) is 15.0 Å². The Morgan fingerprint density at radius 2 is 1.34 bits per heavy atom. The number of thioether (sulfide) groups is 1. The quantitative estimate of drug-likeness (QED) is 0.211. The maximum Gasteiger partial charge on any atom is 0.214 e. The maximum atomic E-state index is 14.1. The Kier molecular flexibility index (Phi) is 5.48. The lowest BCUT2D eigenvalue weighted by atomic mass is 10.1. The zero-order chi connectivity index (χ0) is 23.6. The van der Waals surface area contributed by atoms with E-state index in [0.29, 0.717) is 11.3 Å². The van der Waals surface area contributed by atoms with Crippen LogP contribution in [0.25, 0.3) is 22.4 Å². The highest BCUT2D eigenvalue weighted by atomic mass is 32.2. The van der Waals surface area contributed by atoms with Crippen LogP contribution in [0.15, 0.2) is 126 Å². The van der Waals surface area contributed by atoms with Crippen LogP contribution in [-0.2, 0) is 0 Å². The van der Waals surface area contributed by atoms with Crippen LogP contribution in [0.2, 0.25) is 0 Å². The molecule has 0 bridgehead atoms. The van der Waals surface area contributed by atoms with Crippen LogP contribution < -0.4 is 4.90 Å². The van der Waals surface area contributed by atoms with E-state index in [1.165, 1.54) is 11.8 Å². The molecular formula is C29H20N4OS. The van der Waals surface area contributed by atoms with Gasteiger partial charge in [-0.05, 0) is 29.8 Å². The van der Waals surface area contributed by atoms with Gasteiger partial charge in [0.15, 0.2) is 0 Å². The minimum atomic E-state index is -0.118. The van der Waals surface area contributed by atoms with Crippen LogP contribution in [0.5, 0.6) is 0 Å². The number of allylic oxidation sites excluding steroid dienone is 1. The average Bonchev–Trinajstić information content (AvgIpc) is 3.56. The number of hydrogen-bond donors (Lipinski definition) is 0. The van der Waals surface area contributed by atoms with Crippen molar-refractivity contribution in [1.29, 1.82) is 0 Å². The third-order valence-electron chi connectivity index (χ3n) is 5.83. The minimum absolute atomic E-state index is 0.118. The summed E-state index contributed by atoms with van der Waals surface area (Å²) in [6.45, 7) is 0. The molecule has 0 N–H and O–H groups in total. The summed E-state index contributed by atoms with van der Waals surface area (Å²) in [7, 11) is 0. The number of rotatable bonds is 5. The molecule has 0 fully saturated rings. The molecule has 168 valence electrons. The molecular weight excluding hydrogens is 452 g/mol. The number of Topliss-reactive ketones (excluding diaryl/α,β-unsaturated/α-hetero) is 1. The summed E-state index contributed by atoms with van der Waals surface area (Å²) in [5, 5.41) is 11.7. The number of fused-ring (bicyclic) bond motifs is 1. The zero-order valence-corrected chi connectivity index (χ0v) is 19.5. The van der Waals surface area contributed by atoms with Crippen LogP contribution >= 0.6 is 11.8 Å². The van der Waals surface area contributed by atoms with Crippen LogP contribution in [0.4, 0.5) is 5.69 Å². The van der Waals surface area contributed by atoms with Gasteiger partial charge >= 0.3 is 0 Å². The number of carbonyl (C=O) groups excluding carboxylic acids is 1. The van der Waals surface area contributed by atoms with E-state index in [2.05, 4.69) is 32.8 Å². The first-order chi connectivity index (χ1) is 17.3. The van der Waals surface area contributed by atoms with Crippen molar-refractivity contribution in [3.05, 3.63) is 137 Å². The molecule has 35 heavy (non-hydrogen) atoms. The largest absolute Gasteiger partial charge is 0.302 e. The number of hydrogen-bond acceptors (Lipinski definition) is 5. The van der Waals surface area contributed by atoms with Gasteiger partial charge in [-0.2, -0.15) is 0 Å². The second-order valence-corrected chi connectivity index (χ2v) is 8.85. The van der Waals surface area contributed by atoms with E-state index < -0.39 is 0 Å². The fourth-order valence-corrected chi connectivity index (χ4v) is 5.24. The van der Waals surface area contributed by atoms with Gasteiger partial charge in [-0.1, -0.05) is 108 Å². The molecule has 0 unspecified atom stereocenters. The Hall–Kier alpha value is -4.42. The van der Waals surface area contributed by atoms with Gasteiger partial charge in [-0.3, -0.25) is 4.79 Å². The number of anilines is 1. The predicted octanol–water partition coefficient (Wildman–Crippen LogP) is 6.69. The van der Waals surface area contributed by atoms with Gasteiger partial charge in [-0.15, -0.1) is 5.10 Å². The average molecular weight is 473 g/mol. The summed E-state index contributed by atoms with van der Waals surface area (Å²) in [4.78, 5) is 16.2. The van der Waals surface area contributed by atoms with Crippen molar-refractivity contribution >= 4 is 45.7 Å². The van der Waals surface area contributed by atoms with Crippen LogP contribution in [0.3, 0.4) is 0 Å². The first-order valence-corrected chi connectivity index (χ1v) is 12.1. The lowest BCUT2D eigenvalue weighted by Gasteiger charge is -2.26. The van der Waals surface area contributed by atoms with Crippen LogP contribution in [-0.4, -0.2) is 20.8 Å². The van der Waals surface area contributed by atoms with E-state index in [-0.39, 0.29) is 5.78 Å². The van der Waals surface area contributed by atoms with Crippen molar-refractivity contribution in [2.45, 2.75) is 0 Å². The molecule has 5 aromatic rings. The highest BCUT2D eigenvalue weighted by Gasteiger charge is 2.32. The first kappa shape index (κ1) is 21.1. The number of aromatic nitrogens is 3. The van der Waals surface area contributed by atoms with Crippen LogP contribution in [0, 0.1) is 0 Å². The third-order valence-corrected chi connectivity index (χ3v) is 6.77. The minimum Gasteiger partial charge on any atom is -0.302 e. The Morgan fingerprint density at radius 3 is 2.09 bits per heavy atom. The van der Waals surface area contributed by atoms with E-state index in [1.54, 1.807) is 4.68 Å². The Balaban J connectivity index is 1.62. The highest BCUT2D eigenvalue weighted by Crippen LogP contribution is 2.46. The van der Waals surface area contributed by atoms with Gasteiger partial charge < -0.3 is 4.90 Å². The topological polar surface area (TPSA) is 51.0 Å². The van der Waals surface area contributed by atoms with Gasteiger partial charge in [0.1, 0.15) is 16.2 Å². The van der Waals surface area contributed by atoms with E-state index in [1.807, 2.05) is 103 Å². The second kappa shape index (κ2) is 9.08. The second-order valence-electron chi connectivity index (χ2n) is 8.00. The van der Waals surface area contributed by atoms with E-state index >= 15 is 0 Å². The highest BCUT2D eigenvalue weighted by molar-refractivity contribution is 8.06. The number of carbonyl (C=O) groups is 1. The van der Waals surface area contributed by atoms with Gasteiger partial charge in [0.25, 0.3) is 0 Å². The molecule has 0 saturated carbocycles. The summed E-state index contributed by atoms with van der Waals surface area (Å²) in [5.41, 5.74) is 5.59. The fraction of sp³-hybridized carbons (Fsp3) is 0. The Morgan fingerprint density at radius 1 is 0.714 bits per heavy atom. The molecule has 2 heterocycles. The molecule has 0 aliphatic carbocycles. The monoisotopic (exact) mass is 472 g/mol. The van der Waals surface area contributed by atoms with E-state index in [9.17, 15) is 4.79 Å². The summed E-state index contributed by atoms with van der Waals surface area (Å²) >= 11 is 1.52. The van der Waals surface area contributed by atoms with Gasteiger partial charge in [-0.25, -0.2) is 4.68 Å². The van der Waals surface area contributed by atoms with Crippen molar-refractivity contribution < 1.29 is 4.79 Å². The summed E-state index contributed by atoms with van der Waals surface area (Å²) in [6.07, 6.45) is 0. The molecule has 6 heteroatoms. The Labute approximate surface area is 207 Å². The molecule has 5 nitrogen and oxygen atoms in total. The van der Waals surface area contributed by atoms with Gasteiger partial charge in [0, 0.05) is 16.7 Å². The van der Waals surface area contributed by atoms with Gasteiger partial charge in [0.2, 0.25) is 5.78 Å². The SMILES string of the molecule is O=C(/C(=C1\SC=C(c2ccccc2)N1c1ccccc1)n1nnc2ccccc21)c1ccccc1. The van der Waals surface area contributed by atoms with Crippen molar-refractivity contribution in [2.75, 3.05) is 4.90 Å². The van der Waals surface area contributed by atoms with Crippen molar-refractivity contribution in [2.24, 2.45) is 0 Å².